The van der Waals surface area contributed by atoms with Gasteiger partial charge < -0.3 is 14.7 Å². The van der Waals surface area contributed by atoms with E-state index in [0.717, 1.165) is 29.5 Å². The van der Waals surface area contributed by atoms with E-state index in [9.17, 15) is 27.5 Å². The topological polar surface area (TPSA) is 49.8 Å². The number of thioether (sulfide) groups is 2. The average molecular weight is 600 g/mol. The summed E-state index contributed by atoms with van der Waals surface area (Å²) in [4.78, 5) is 14.8. The van der Waals surface area contributed by atoms with Crippen LogP contribution in [0, 0.1) is 22.6 Å². The third-order valence-electron chi connectivity index (χ3n) is 8.66. The zero-order valence-corrected chi connectivity index (χ0v) is 23.3. The molecule has 0 saturated heterocycles. The van der Waals surface area contributed by atoms with E-state index in [1.807, 2.05) is 6.07 Å². The lowest BCUT2D eigenvalue weighted by atomic mass is 9.81. The first-order chi connectivity index (χ1) is 18.9. The first-order valence-corrected chi connectivity index (χ1v) is 15.3. The van der Waals surface area contributed by atoms with E-state index < -0.39 is 41.2 Å². The Labute approximate surface area is 238 Å². The number of alkyl halides is 4. The van der Waals surface area contributed by atoms with Crippen molar-refractivity contribution in [3.8, 4) is 5.75 Å². The minimum Gasteiger partial charge on any atom is -0.491 e. The largest absolute Gasteiger partial charge is 0.491 e. The molecule has 6 rings (SSSR count). The summed E-state index contributed by atoms with van der Waals surface area (Å²) in [6.45, 7) is 0.00471. The molecular weight excluding hydrogens is 569 g/mol. The van der Waals surface area contributed by atoms with Gasteiger partial charge in [-0.1, -0.05) is 11.8 Å². The molecule has 0 aromatic heterocycles. The highest BCUT2D eigenvalue weighted by molar-refractivity contribution is 8.00. The van der Waals surface area contributed by atoms with Gasteiger partial charge in [0, 0.05) is 34.7 Å². The minimum atomic E-state index is -4.40. The van der Waals surface area contributed by atoms with Crippen LogP contribution >= 0.6 is 23.5 Å². The van der Waals surface area contributed by atoms with E-state index in [2.05, 4.69) is 0 Å². The molecule has 3 fully saturated rings. The SMILES string of the molecule is O=C(O)C1(COc2cc3c(cc2SC2CC4(CC4)C2)N(c2ccc(F)cc2)CC(CCC(F)(F)F)C(F)S3)CC1. The summed E-state index contributed by atoms with van der Waals surface area (Å²) in [5, 5.41) is 10.0. The maximum atomic E-state index is 15.6. The van der Waals surface area contributed by atoms with Crippen LogP contribution < -0.4 is 9.64 Å². The number of fused-ring (bicyclic) bond motifs is 1. The number of carbonyl (C=O) groups is 1. The molecular formula is C29H30F5NO3S2. The molecule has 1 heterocycles. The number of hydrogen-bond donors (Lipinski definition) is 1. The van der Waals surface area contributed by atoms with E-state index in [1.165, 1.54) is 25.0 Å². The Bertz CT molecular complexity index is 1270. The maximum Gasteiger partial charge on any atom is 0.389 e. The van der Waals surface area contributed by atoms with Crippen molar-refractivity contribution in [2.45, 2.75) is 78.1 Å². The summed E-state index contributed by atoms with van der Waals surface area (Å²) in [5.74, 6) is -1.80. The molecule has 216 valence electrons. The van der Waals surface area contributed by atoms with Gasteiger partial charge in [-0.15, -0.1) is 11.8 Å². The molecule has 0 amide bonds. The Morgan fingerprint density at radius 3 is 2.42 bits per heavy atom. The second kappa shape index (κ2) is 10.3. The zero-order valence-electron chi connectivity index (χ0n) is 21.7. The fourth-order valence-electron chi connectivity index (χ4n) is 5.65. The van der Waals surface area contributed by atoms with Crippen molar-refractivity contribution < 1.29 is 36.6 Å². The van der Waals surface area contributed by atoms with E-state index in [4.69, 9.17) is 4.74 Å². The minimum absolute atomic E-state index is 0.00184. The number of halogens is 5. The molecule has 2 aromatic rings. The molecule has 40 heavy (non-hydrogen) atoms. The van der Waals surface area contributed by atoms with Crippen molar-refractivity contribution in [3.63, 3.8) is 0 Å². The van der Waals surface area contributed by atoms with E-state index in [0.29, 0.717) is 45.5 Å². The second-order valence-electron chi connectivity index (χ2n) is 11.8. The van der Waals surface area contributed by atoms with E-state index in [-0.39, 0.29) is 19.6 Å². The third-order valence-corrected chi connectivity index (χ3v) is 11.1. The van der Waals surface area contributed by atoms with Crippen molar-refractivity contribution in [2.75, 3.05) is 18.1 Å². The van der Waals surface area contributed by atoms with Crippen LogP contribution in [0.3, 0.4) is 0 Å². The number of nitrogens with zero attached hydrogens (tertiary/aromatic N) is 1. The van der Waals surface area contributed by atoms with Gasteiger partial charge in [0.25, 0.3) is 0 Å². The van der Waals surface area contributed by atoms with Gasteiger partial charge >= 0.3 is 12.1 Å². The van der Waals surface area contributed by atoms with Crippen LogP contribution in [0.15, 0.2) is 46.2 Å². The molecule has 3 saturated carbocycles. The van der Waals surface area contributed by atoms with Gasteiger partial charge in [0.2, 0.25) is 0 Å². The van der Waals surface area contributed by atoms with Gasteiger partial charge in [-0.2, -0.15) is 13.2 Å². The third kappa shape index (κ3) is 5.91. The molecule has 4 nitrogen and oxygen atoms in total. The molecule has 0 radical (unpaired) electrons. The van der Waals surface area contributed by atoms with Crippen LogP contribution in [0.4, 0.5) is 33.3 Å². The number of hydrogen-bond acceptors (Lipinski definition) is 5. The molecule has 3 aliphatic carbocycles. The monoisotopic (exact) mass is 599 g/mol. The highest BCUT2D eigenvalue weighted by Gasteiger charge is 2.53. The predicted molar refractivity (Wildman–Crippen MR) is 145 cm³/mol. The summed E-state index contributed by atoms with van der Waals surface area (Å²) in [5.41, 5.74) is -0.865. The van der Waals surface area contributed by atoms with Crippen LogP contribution in [-0.2, 0) is 4.79 Å². The number of benzene rings is 2. The molecule has 0 bridgehead atoms. The number of carboxylic acids is 1. The number of aliphatic carboxylic acids is 1. The second-order valence-corrected chi connectivity index (χ2v) is 14.2. The highest BCUT2D eigenvalue weighted by atomic mass is 32.2. The number of rotatable bonds is 9. The number of anilines is 2. The number of ether oxygens (including phenoxy) is 1. The summed E-state index contributed by atoms with van der Waals surface area (Å²) >= 11 is 2.53. The van der Waals surface area contributed by atoms with Crippen molar-refractivity contribution >= 4 is 40.9 Å². The standard InChI is InChI=1S/C29H30F5NO3S2/c30-18-1-3-19(4-2-18)35-15-17(5-6-29(32,33)34)25(31)40-23-12-22(38-16-28(9-10-28)26(36)37)24(11-21(23)35)39-20-13-27(14-20)7-8-27/h1-4,11-12,17,20,25H,5-10,13-16H2,(H,36,37). The van der Waals surface area contributed by atoms with Crippen molar-refractivity contribution in [1.29, 1.82) is 0 Å². The summed E-state index contributed by atoms with van der Waals surface area (Å²) in [7, 11) is 0. The molecule has 1 aliphatic heterocycles. The normalized spacial score (nSPS) is 24.7. The molecule has 4 aliphatic rings. The first kappa shape index (κ1) is 28.0. The fourth-order valence-corrected chi connectivity index (χ4v) is 8.42. The molecule has 2 atom stereocenters. The van der Waals surface area contributed by atoms with Crippen LogP contribution in [0.2, 0.25) is 0 Å². The molecule has 1 N–H and O–H groups in total. The van der Waals surface area contributed by atoms with Crippen LogP contribution in [0.5, 0.6) is 5.75 Å². The lowest BCUT2D eigenvalue weighted by molar-refractivity contribution is -0.144. The molecule has 11 heteroatoms. The van der Waals surface area contributed by atoms with Crippen LogP contribution in [-0.4, -0.2) is 41.2 Å². The quantitative estimate of drug-likeness (QED) is 0.291. The Kier molecular flexibility index (Phi) is 7.21. The first-order valence-electron chi connectivity index (χ1n) is 13.6. The van der Waals surface area contributed by atoms with E-state index >= 15 is 4.39 Å². The Balaban J connectivity index is 1.35. The Morgan fingerprint density at radius 2 is 1.82 bits per heavy atom. The molecule has 2 unspecified atom stereocenters. The summed E-state index contributed by atoms with van der Waals surface area (Å²) < 4.78 is 74.8. The lowest BCUT2D eigenvalue weighted by Crippen LogP contribution is -2.29. The number of carboxylic acid groups (broad SMARTS) is 1. The smallest absolute Gasteiger partial charge is 0.389 e. The van der Waals surface area contributed by atoms with Crippen LogP contribution in [0.1, 0.15) is 51.4 Å². The fraction of sp³-hybridized carbons (Fsp3) is 0.552. The average Bonchev–Trinajstić information content (AvgIpc) is 3.78. The lowest BCUT2D eigenvalue weighted by Gasteiger charge is -2.36. The van der Waals surface area contributed by atoms with E-state index in [1.54, 1.807) is 34.9 Å². The summed E-state index contributed by atoms with van der Waals surface area (Å²) in [6, 6.07) is 9.26. The molecule has 2 aromatic carbocycles. The predicted octanol–water partition coefficient (Wildman–Crippen LogP) is 8.60. The van der Waals surface area contributed by atoms with Crippen molar-refractivity contribution in [2.24, 2.45) is 16.7 Å². The Morgan fingerprint density at radius 1 is 1.12 bits per heavy atom. The highest BCUT2D eigenvalue weighted by Crippen LogP contribution is 2.65. The maximum absolute atomic E-state index is 15.6. The van der Waals surface area contributed by atoms with Crippen molar-refractivity contribution in [1.82, 2.24) is 0 Å². The summed E-state index contributed by atoms with van der Waals surface area (Å²) in [6.07, 6.45) is -0.147. The van der Waals surface area contributed by atoms with Gasteiger partial charge in [-0.3, -0.25) is 4.79 Å². The van der Waals surface area contributed by atoms with Gasteiger partial charge in [-0.05, 0) is 86.8 Å². The zero-order chi connectivity index (χ0) is 28.3. The molecule has 1 spiro atoms. The van der Waals surface area contributed by atoms with Crippen molar-refractivity contribution in [3.05, 3.63) is 42.2 Å². The van der Waals surface area contributed by atoms with Gasteiger partial charge in [-0.25, -0.2) is 8.78 Å². The van der Waals surface area contributed by atoms with Gasteiger partial charge in [0.1, 0.15) is 23.6 Å². The van der Waals surface area contributed by atoms with Gasteiger partial charge in [0.05, 0.1) is 10.6 Å². The van der Waals surface area contributed by atoms with Gasteiger partial charge in [0.15, 0.2) is 5.50 Å². The Hall–Kier alpha value is -2.14. The van der Waals surface area contributed by atoms with Crippen LogP contribution in [0.25, 0.3) is 0 Å².